The van der Waals surface area contributed by atoms with E-state index in [2.05, 4.69) is 5.32 Å². The number of carbonyl (C=O) groups is 3. The van der Waals surface area contributed by atoms with Gasteiger partial charge in [-0.25, -0.2) is 0 Å². The van der Waals surface area contributed by atoms with E-state index in [-0.39, 0.29) is 18.1 Å². The number of carbonyl (C=O) groups excluding carboxylic acids is 3. The third kappa shape index (κ3) is 3.10. The molecule has 0 saturated carbocycles. The van der Waals surface area contributed by atoms with Crippen molar-refractivity contribution in [3.63, 3.8) is 0 Å². The predicted octanol–water partition coefficient (Wildman–Crippen LogP) is 0.849. The molecule has 0 aromatic heterocycles. The molecule has 0 atom stereocenters. The molecule has 0 aliphatic carbocycles. The van der Waals surface area contributed by atoms with Gasteiger partial charge in [0.25, 0.3) is 5.91 Å². The Morgan fingerprint density at radius 2 is 2.10 bits per heavy atom. The fraction of sp³-hybridized carbons (Fsp3) is 0.267. The van der Waals surface area contributed by atoms with Crippen LogP contribution in [-0.2, 0) is 14.4 Å². The number of nitrogens with one attached hydrogen (secondary N) is 1. The smallest absolute Gasteiger partial charge is 0.277 e. The van der Waals surface area contributed by atoms with Crippen molar-refractivity contribution in [2.45, 2.75) is 13.8 Å². The lowest BCUT2D eigenvalue weighted by Crippen LogP contribution is -2.51. The van der Waals surface area contributed by atoms with Crippen LogP contribution < -0.4 is 10.1 Å². The lowest BCUT2D eigenvalue weighted by molar-refractivity contribution is -0.147. The molecule has 1 saturated heterocycles. The van der Waals surface area contributed by atoms with Crippen LogP contribution in [0.5, 0.6) is 5.75 Å². The fourth-order valence-corrected chi connectivity index (χ4v) is 2.11. The minimum Gasteiger partial charge on any atom is -0.496 e. The number of ether oxygens (including phenoxy) is 1. The van der Waals surface area contributed by atoms with Crippen molar-refractivity contribution >= 4 is 23.8 Å². The number of hydrogen-bond acceptors (Lipinski definition) is 4. The molecule has 1 aliphatic heterocycles. The summed E-state index contributed by atoms with van der Waals surface area (Å²) in [6.07, 6.45) is 1.54. The molecular formula is C15H16N2O4. The largest absolute Gasteiger partial charge is 0.496 e. The van der Waals surface area contributed by atoms with Gasteiger partial charge in [0.1, 0.15) is 18.0 Å². The molecule has 1 N–H and O–H groups in total. The van der Waals surface area contributed by atoms with Crippen molar-refractivity contribution in [1.82, 2.24) is 10.2 Å². The first-order valence-electron chi connectivity index (χ1n) is 6.41. The van der Waals surface area contributed by atoms with Crippen LogP contribution in [-0.4, -0.2) is 36.3 Å². The molecule has 1 aliphatic rings. The van der Waals surface area contributed by atoms with Crippen molar-refractivity contribution in [2.24, 2.45) is 0 Å². The first-order valence-corrected chi connectivity index (χ1v) is 6.41. The minimum absolute atomic E-state index is 0.0889. The van der Waals surface area contributed by atoms with Crippen LogP contribution in [0.4, 0.5) is 0 Å². The van der Waals surface area contributed by atoms with E-state index < -0.39 is 11.8 Å². The molecule has 0 radical (unpaired) electrons. The van der Waals surface area contributed by atoms with Gasteiger partial charge in [-0.15, -0.1) is 0 Å². The van der Waals surface area contributed by atoms with Crippen molar-refractivity contribution in [3.8, 4) is 5.75 Å². The van der Waals surface area contributed by atoms with Gasteiger partial charge >= 0.3 is 0 Å². The van der Waals surface area contributed by atoms with Crippen LogP contribution in [0.3, 0.4) is 0 Å². The maximum atomic E-state index is 12.1. The Labute approximate surface area is 122 Å². The quantitative estimate of drug-likeness (QED) is 0.819. The number of rotatable bonds is 2. The summed E-state index contributed by atoms with van der Waals surface area (Å²) in [6.45, 7) is 2.89. The highest BCUT2D eigenvalue weighted by Gasteiger charge is 2.30. The predicted molar refractivity (Wildman–Crippen MR) is 76.2 cm³/mol. The summed E-state index contributed by atoms with van der Waals surface area (Å²) in [7, 11) is 1.58. The Hall–Kier alpha value is -2.63. The third-order valence-corrected chi connectivity index (χ3v) is 3.16. The van der Waals surface area contributed by atoms with Crippen molar-refractivity contribution in [2.75, 3.05) is 13.7 Å². The van der Waals surface area contributed by atoms with Crippen molar-refractivity contribution in [3.05, 3.63) is 35.0 Å². The van der Waals surface area contributed by atoms with Gasteiger partial charge in [0.15, 0.2) is 0 Å². The fourth-order valence-electron chi connectivity index (χ4n) is 2.11. The Morgan fingerprint density at radius 3 is 2.67 bits per heavy atom. The summed E-state index contributed by atoms with van der Waals surface area (Å²) in [4.78, 5) is 36.0. The topological polar surface area (TPSA) is 75.7 Å². The molecule has 6 heteroatoms. The average molecular weight is 288 g/mol. The van der Waals surface area contributed by atoms with Gasteiger partial charge in [-0.1, -0.05) is 6.07 Å². The molecule has 0 bridgehead atoms. The highest BCUT2D eigenvalue weighted by molar-refractivity contribution is 6.12. The van der Waals surface area contributed by atoms with Crippen molar-refractivity contribution in [1.29, 1.82) is 0 Å². The Kier molecular flexibility index (Phi) is 4.07. The van der Waals surface area contributed by atoms with Crippen LogP contribution in [0, 0.1) is 6.92 Å². The van der Waals surface area contributed by atoms with Crippen LogP contribution in [0.15, 0.2) is 23.9 Å². The van der Waals surface area contributed by atoms with Crippen LogP contribution in [0.2, 0.25) is 0 Å². The maximum Gasteiger partial charge on any atom is 0.277 e. The normalized spacial score (nSPS) is 16.9. The number of nitrogens with zero attached hydrogens (tertiary/aromatic N) is 1. The lowest BCUT2D eigenvalue weighted by Gasteiger charge is -2.25. The first kappa shape index (κ1) is 14.8. The third-order valence-electron chi connectivity index (χ3n) is 3.16. The second-order valence-corrected chi connectivity index (χ2v) is 4.75. The van der Waals surface area contributed by atoms with Gasteiger partial charge in [-0.3, -0.25) is 19.3 Å². The van der Waals surface area contributed by atoms with Gasteiger partial charge in [-0.2, -0.15) is 0 Å². The summed E-state index contributed by atoms with van der Waals surface area (Å²) < 4.78 is 5.17. The van der Waals surface area contributed by atoms with E-state index in [9.17, 15) is 14.4 Å². The van der Waals surface area contributed by atoms with Crippen LogP contribution in [0.1, 0.15) is 18.1 Å². The van der Waals surface area contributed by atoms with E-state index in [4.69, 9.17) is 4.74 Å². The summed E-state index contributed by atoms with van der Waals surface area (Å²) in [5.41, 5.74) is 1.73. The van der Waals surface area contributed by atoms with Gasteiger partial charge in [0, 0.05) is 6.92 Å². The van der Waals surface area contributed by atoms with Gasteiger partial charge < -0.3 is 10.1 Å². The molecule has 0 spiro atoms. The Morgan fingerprint density at radius 1 is 1.38 bits per heavy atom. The summed E-state index contributed by atoms with van der Waals surface area (Å²) in [5.74, 6) is -0.606. The Balaban J connectivity index is 2.34. The van der Waals surface area contributed by atoms with E-state index in [0.717, 1.165) is 21.8 Å². The van der Waals surface area contributed by atoms with E-state index in [0.29, 0.717) is 0 Å². The molecule has 6 nitrogen and oxygen atoms in total. The second kappa shape index (κ2) is 5.78. The molecule has 110 valence electrons. The summed E-state index contributed by atoms with van der Waals surface area (Å²) in [6, 6.07) is 5.38. The van der Waals surface area contributed by atoms with E-state index >= 15 is 0 Å². The number of piperazine rings is 1. The number of aryl methyl sites for hydroxylation is 1. The first-order chi connectivity index (χ1) is 9.92. The molecule has 1 heterocycles. The Bertz CT molecular complexity index is 649. The van der Waals surface area contributed by atoms with Gasteiger partial charge in [-0.05, 0) is 36.3 Å². The summed E-state index contributed by atoms with van der Waals surface area (Å²) in [5, 5.41) is 2.50. The number of benzene rings is 1. The second-order valence-electron chi connectivity index (χ2n) is 4.75. The number of hydrogen-bond donors (Lipinski definition) is 1. The molecule has 1 aromatic rings. The molecule has 2 rings (SSSR count). The highest BCUT2D eigenvalue weighted by Crippen LogP contribution is 2.20. The number of imide groups is 1. The van der Waals surface area contributed by atoms with Gasteiger partial charge in [0.05, 0.1) is 7.11 Å². The van der Waals surface area contributed by atoms with E-state index in [1.165, 1.54) is 6.92 Å². The van der Waals surface area contributed by atoms with Crippen LogP contribution >= 0.6 is 0 Å². The molecule has 1 fully saturated rings. The summed E-state index contributed by atoms with van der Waals surface area (Å²) >= 11 is 0. The molecule has 21 heavy (non-hydrogen) atoms. The highest BCUT2D eigenvalue weighted by atomic mass is 16.5. The molecule has 3 amide bonds. The average Bonchev–Trinajstić information content (AvgIpc) is 2.42. The maximum absolute atomic E-state index is 12.1. The monoisotopic (exact) mass is 288 g/mol. The zero-order valence-corrected chi connectivity index (χ0v) is 12.1. The number of amides is 3. The zero-order chi connectivity index (χ0) is 15.6. The minimum atomic E-state index is -0.504. The van der Waals surface area contributed by atoms with E-state index in [1.807, 2.05) is 13.0 Å². The molecule has 0 unspecified atom stereocenters. The zero-order valence-electron chi connectivity index (χ0n) is 12.1. The molecular weight excluding hydrogens is 272 g/mol. The number of methoxy groups -OCH3 is 1. The van der Waals surface area contributed by atoms with Crippen LogP contribution in [0.25, 0.3) is 6.08 Å². The SMILES string of the molecule is COc1ccc(/C=C2\NC(=O)CN(C(C)=O)C2=O)cc1C. The molecule has 1 aromatic carbocycles. The standard InChI is InChI=1S/C15H16N2O4/c1-9-6-11(4-5-13(9)21-3)7-12-15(20)17(10(2)18)8-14(19)16-12/h4-7H,8H2,1-3H3,(H,16,19)/b12-7-. The lowest BCUT2D eigenvalue weighted by atomic mass is 10.1. The van der Waals surface area contributed by atoms with E-state index in [1.54, 1.807) is 25.3 Å². The van der Waals surface area contributed by atoms with Gasteiger partial charge in [0.2, 0.25) is 11.8 Å². The van der Waals surface area contributed by atoms with Crippen molar-refractivity contribution < 1.29 is 19.1 Å².